The summed E-state index contributed by atoms with van der Waals surface area (Å²) in [7, 11) is 0. The first-order valence-electron chi connectivity index (χ1n) is 1.76. The second-order valence-corrected chi connectivity index (χ2v) is 3.74. The van der Waals surface area contributed by atoms with Crippen molar-refractivity contribution in [1.82, 2.24) is 0 Å². The molecule has 4 heteroatoms. The number of hydrogen-bond donors (Lipinski definition) is 0. The number of carbonyl (C=O) groups excluding carboxylic acids is 1. The third-order valence-electron chi connectivity index (χ3n) is 0.575. The fraction of sp³-hybridized carbons (Fsp3) is 0.667. The molecule has 0 bridgehead atoms. The van der Waals surface area contributed by atoms with Crippen molar-refractivity contribution in [3.05, 3.63) is 0 Å². The first-order chi connectivity index (χ1) is 3.43. The summed E-state index contributed by atoms with van der Waals surface area (Å²) in [5.74, 6) is 0. The first kappa shape index (κ1) is 5.31. The van der Waals surface area contributed by atoms with Crippen LogP contribution < -0.4 is 0 Å². The van der Waals surface area contributed by atoms with E-state index in [-0.39, 0.29) is 4.77 Å². The maximum absolute atomic E-state index is 9.56. The van der Waals surface area contributed by atoms with E-state index in [1.54, 1.807) is 23.5 Å². The van der Waals surface area contributed by atoms with Gasteiger partial charge in [0.25, 0.3) is 6.47 Å². The Labute approximate surface area is 50.0 Å². The Morgan fingerprint density at radius 3 is 2.57 bits per heavy atom. The van der Waals surface area contributed by atoms with Crippen LogP contribution in [0.3, 0.4) is 0 Å². The molecule has 0 saturated carbocycles. The zero-order valence-electron chi connectivity index (χ0n) is 3.49. The van der Waals surface area contributed by atoms with Gasteiger partial charge in [-0.1, -0.05) is 23.5 Å². The van der Waals surface area contributed by atoms with E-state index in [9.17, 15) is 4.79 Å². The van der Waals surface area contributed by atoms with E-state index in [1.807, 2.05) is 0 Å². The van der Waals surface area contributed by atoms with Crippen molar-refractivity contribution >= 4 is 30.0 Å². The van der Waals surface area contributed by atoms with Crippen molar-refractivity contribution in [1.29, 1.82) is 0 Å². The average molecular weight is 136 g/mol. The molecule has 0 aromatic rings. The van der Waals surface area contributed by atoms with Gasteiger partial charge in [-0.2, -0.15) is 0 Å². The van der Waals surface area contributed by atoms with Crippen molar-refractivity contribution in [2.75, 3.05) is 5.08 Å². The molecule has 0 aromatic heterocycles. The summed E-state index contributed by atoms with van der Waals surface area (Å²) in [6.45, 7) is 0.490. The van der Waals surface area contributed by atoms with Gasteiger partial charge < -0.3 is 4.74 Å². The Hall–Kier alpha value is 0.170. The maximum Gasteiger partial charge on any atom is 0.294 e. The summed E-state index contributed by atoms with van der Waals surface area (Å²) >= 11 is 3.28. The summed E-state index contributed by atoms with van der Waals surface area (Å²) in [4.78, 5) is 9.56. The van der Waals surface area contributed by atoms with Gasteiger partial charge in [0.15, 0.2) is 4.77 Å². The Balaban J connectivity index is 2.03. The molecule has 1 fully saturated rings. The van der Waals surface area contributed by atoms with Gasteiger partial charge in [0.1, 0.15) is 0 Å². The summed E-state index contributed by atoms with van der Waals surface area (Å²) < 4.78 is 4.62. The van der Waals surface area contributed by atoms with Crippen molar-refractivity contribution in [3.63, 3.8) is 0 Å². The molecule has 0 unspecified atom stereocenters. The molecule has 1 aliphatic heterocycles. The highest BCUT2D eigenvalue weighted by atomic mass is 32.3. The molecule has 0 amide bonds. The Kier molecular flexibility index (Phi) is 1.87. The van der Waals surface area contributed by atoms with Crippen LogP contribution in [0.15, 0.2) is 0 Å². The lowest BCUT2D eigenvalue weighted by Gasteiger charge is -2.20. The van der Waals surface area contributed by atoms with Crippen molar-refractivity contribution < 1.29 is 9.53 Å². The van der Waals surface area contributed by atoms with E-state index in [1.165, 1.54) is 0 Å². The first-order valence-corrected chi connectivity index (χ1v) is 3.85. The van der Waals surface area contributed by atoms with Crippen molar-refractivity contribution in [2.45, 2.75) is 4.77 Å². The minimum absolute atomic E-state index is 0.0949. The largest absolute Gasteiger partial charge is 0.443 e. The van der Waals surface area contributed by atoms with E-state index in [4.69, 9.17) is 0 Å². The summed E-state index contributed by atoms with van der Waals surface area (Å²) in [5, 5.41) is 1.05. The van der Waals surface area contributed by atoms with Crippen LogP contribution in [0.4, 0.5) is 0 Å². The van der Waals surface area contributed by atoms with Gasteiger partial charge in [-0.05, 0) is 0 Å². The maximum atomic E-state index is 9.56. The molecule has 0 N–H and O–H groups in total. The van der Waals surface area contributed by atoms with Crippen LogP contribution in [-0.2, 0) is 9.53 Å². The molecular formula is C3H4O2S2. The van der Waals surface area contributed by atoms with E-state index in [0.717, 1.165) is 5.08 Å². The zero-order valence-corrected chi connectivity index (χ0v) is 5.13. The monoisotopic (exact) mass is 136 g/mol. The van der Waals surface area contributed by atoms with Crippen LogP contribution in [0.2, 0.25) is 0 Å². The fourth-order valence-corrected chi connectivity index (χ4v) is 1.48. The van der Waals surface area contributed by atoms with Crippen LogP contribution in [0.1, 0.15) is 0 Å². The van der Waals surface area contributed by atoms with E-state index in [2.05, 4.69) is 4.74 Å². The Morgan fingerprint density at radius 2 is 2.43 bits per heavy atom. The van der Waals surface area contributed by atoms with Gasteiger partial charge in [0.2, 0.25) is 0 Å². The lowest BCUT2D eigenvalue weighted by molar-refractivity contribution is -0.127. The molecule has 0 aliphatic carbocycles. The number of hydrogen-bond acceptors (Lipinski definition) is 4. The minimum atomic E-state index is 0.0949. The smallest absolute Gasteiger partial charge is 0.294 e. The van der Waals surface area contributed by atoms with Gasteiger partial charge in [-0.15, -0.1) is 0 Å². The number of ether oxygens (including phenoxy) is 1. The highest BCUT2D eigenvalue weighted by Crippen LogP contribution is 2.38. The Morgan fingerprint density at radius 1 is 1.71 bits per heavy atom. The molecule has 7 heavy (non-hydrogen) atoms. The SMILES string of the molecule is O=COC1SCS1. The predicted molar refractivity (Wildman–Crippen MR) is 31.0 cm³/mol. The third-order valence-corrected chi connectivity index (χ3v) is 3.25. The van der Waals surface area contributed by atoms with Crippen LogP contribution in [0.25, 0.3) is 0 Å². The molecule has 1 heterocycles. The lowest BCUT2D eigenvalue weighted by Crippen LogP contribution is -2.10. The quantitative estimate of drug-likeness (QED) is 0.526. The van der Waals surface area contributed by atoms with Crippen LogP contribution in [0.5, 0.6) is 0 Å². The molecule has 0 atom stereocenters. The predicted octanol–water partition coefficient (Wildman–Crippen LogP) is 0.880. The van der Waals surface area contributed by atoms with Gasteiger partial charge in [0, 0.05) is 5.08 Å². The van der Waals surface area contributed by atoms with Crippen LogP contribution in [0, 0.1) is 0 Å². The van der Waals surface area contributed by atoms with E-state index < -0.39 is 0 Å². The third kappa shape index (κ3) is 1.28. The van der Waals surface area contributed by atoms with Gasteiger partial charge in [-0.25, -0.2) is 0 Å². The molecule has 0 spiro atoms. The zero-order chi connectivity index (χ0) is 5.11. The molecule has 0 radical (unpaired) electrons. The number of rotatable bonds is 2. The molecule has 1 rings (SSSR count). The molecule has 40 valence electrons. The number of carbonyl (C=O) groups is 1. The molecular weight excluding hydrogens is 132 g/mol. The lowest BCUT2D eigenvalue weighted by atomic mass is 11.5. The van der Waals surface area contributed by atoms with Crippen LogP contribution in [-0.4, -0.2) is 16.3 Å². The van der Waals surface area contributed by atoms with Crippen LogP contribution >= 0.6 is 23.5 Å². The van der Waals surface area contributed by atoms with Crippen molar-refractivity contribution in [2.24, 2.45) is 0 Å². The highest BCUT2D eigenvalue weighted by molar-refractivity contribution is 8.32. The van der Waals surface area contributed by atoms with Gasteiger partial charge >= 0.3 is 0 Å². The topological polar surface area (TPSA) is 26.3 Å². The fourth-order valence-electron chi connectivity index (χ4n) is 0.248. The second-order valence-electron chi connectivity index (χ2n) is 0.972. The normalized spacial score (nSPS) is 20.6. The minimum Gasteiger partial charge on any atom is -0.443 e. The molecule has 1 saturated heterocycles. The molecule has 2 nitrogen and oxygen atoms in total. The summed E-state index contributed by atoms with van der Waals surface area (Å²) in [5.41, 5.74) is 0. The van der Waals surface area contributed by atoms with E-state index in [0.29, 0.717) is 6.47 Å². The average Bonchev–Trinajstić information content (AvgIpc) is 1.55. The van der Waals surface area contributed by atoms with E-state index >= 15 is 0 Å². The van der Waals surface area contributed by atoms with Gasteiger partial charge in [-0.3, -0.25) is 4.79 Å². The highest BCUT2D eigenvalue weighted by Gasteiger charge is 2.18. The standard InChI is InChI=1S/C3H4O2S2/c4-1-5-3-6-2-7-3/h1,3H,2H2. The summed E-state index contributed by atoms with van der Waals surface area (Å²) in [6.07, 6.45) is 0. The Bertz CT molecular complexity index is 71.3. The second kappa shape index (κ2) is 2.47. The molecule has 1 aliphatic rings. The van der Waals surface area contributed by atoms with Gasteiger partial charge in [0.05, 0.1) is 0 Å². The number of thioether (sulfide) groups is 2. The summed E-state index contributed by atoms with van der Waals surface area (Å²) in [6, 6.07) is 0. The van der Waals surface area contributed by atoms with Crippen molar-refractivity contribution in [3.8, 4) is 0 Å². The molecule has 0 aromatic carbocycles.